The first-order valence-corrected chi connectivity index (χ1v) is 6.48. The highest BCUT2D eigenvalue weighted by molar-refractivity contribution is 6.04. The molecule has 0 radical (unpaired) electrons. The molecule has 0 aromatic heterocycles. The number of carbonyl (C=O) groups is 2. The Bertz CT molecular complexity index is 542. The number of methoxy groups -OCH3 is 1. The molecule has 1 saturated heterocycles. The van der Waals surface area contributed by atoms with Gasteiger partial charge in [-0.1, -0.05) is 6.07 Å². The molecular weight excluding hydrogens is 258 g/mol. The van der Waals surface area contributed by atoms with E-state index in [0.29, 0.717) is 5.75 Å². The number of ether oxygens (including phenoxy) is 1. The number of nitrogens with two attached hydrogens (primary N) is 1. The van der Waals surface area contributed by atoms with Crippen molar-refractivity contribution in [2.24, 2.45) is 5.73 Å². The van der Waals surface area contributed by atoms with Gasteiger partial charge in [0, 0.05) is 17.3 Å². The maximum Gasteiger partial charge on any atom is 0.249 e. The van der Waals surface area contributed by atoms with Crippen molar-refractivity contribution in [2.75, 3.05) is 18.6 Å². The molecule has 1 unspecified atom stereocenters. The molecule has 0 bridgehead atoms. The number of piperazine rings is 1. The van der Waals surface area contributed by atoms with Gasteiger partial charge in [0.05, 0.1) is 13.7 Å². The van der Waals surface area contributed by atoms with E-state index >= 15 is 0 Å². The zero-order chi connectivity index (χ0) is 14.9. The van der Waals surface area contributed by atoms with Crippen LogP contribution in [0.3, 0.4) is 0 Å². The molecule has 1 aromatic rings. The second-order valence-corrected chi connectivity index (χ2v) is 4.90. The molecule has 1 aliphatic heterocycles. The maximum atomic E-state index is 11.8. The molecule has 1 fully saturated rings. The molecule has 6 nitrogen and oxygen atoms in total. The van der Waals surface area contributed by atoms with Crippen LogP contribution in [0.15, 0.2) is 18.2 Å². The second kappa shape index (κ2) is 5.50. The summed E-state index contributed by atoms with van der Waals surface area (Å²) in [6, 6.07) is 4.79. The number of rotatable bonds is 3. The van der Waals surface area contributed by atoms with Crippen LogP contribution in [0.2, 0.25) is 0 Å². The Balaban J connectivity index is 2.51. The van der Waals surface area contributed by atoms with Crippen molar-refractivity contribution in [3.63, 3.8) is 0 Å². The Morgan fingerprint density at radius 1 is 1.45 bits per heavy atom. The average Bonchev–Trinajstić information content (AvgIpc) is 2.41. The molecule has 1 aliphatic rings. The lowest BCUT2D eigenvalue weighted by Gasteiger charge is -2.35. The molecule has 1 heterocycles. The lowest BCUT2D eigenvalue weighted by molar-refractivity contribution is -0.132. The summed E-state index contributed by atoms with van der Waals surface area (Å²) in [6.07, 6.45) is 0. The van der Waals surface area contributed by atoms with Crippen molar-refractivity contribution in [3.05, 3.63) is 23.8 Å². The molecule has 6 heteroatoms. The van der Waals surface area contributed by atoms with E-state index in [4.69, 9.17) is 10.5 Å². The molecule has 108 valence electrons. The Morgan fingerprint density at radius 2 is 2.15 bits per heavy atom. The third-order valence-corrected chi connectivity index (χ3v) is 3.45. The third-order valence-electron chi connectivity index (χ3n) is 3.45. The highest BCUT2D eigenvalue weighted by atomic mass is 16.5. The number of hydrogen-bond acceptors (Lipinski definition) is 5. The fourth-order valence-corrected chi connectivity index (χ4v) is 2.43. The van der Waals surface area contributed by atoms with Crippen molar-refractivity contribution in [1.29, 1.82) is 0 Å². The second-order valence-electron chi connectivity index (χ2n) is 4.90. The first-order valence-electron chi connectivity index (χ1n) is 6.48. The first kappa shape index (κ1) is 14.3. The summed E-state index contributed by atoms with van der Waals surface area (Å²) in [5, 5.41) is 2.32. The smallest absolute Gasteiger partial charge is 0.249 e. The van der Waals surface area contributed by atoms with Gasteiger partial charge in [0.25, 0.3) is 0 Å². The molecule has 2 atom stereocenters. The van der Waals surface area contributed by atoms with Crippen molar-refractivity contribution in [3.8, 4) is 5.75 Å². The molecular formula is C14H19N3O3. The van der Waals surface area contributed by atoms with Gasteiger partial charge in [-0.25, -0.2) is 0 Å². The van der Waals surface area contributed by atoms with E-state index in [1.807, 2.05) is 25.1 Å². The summed E-state index contributed by atoms with van der Waals surface area (Å²) in [5.74, 6) is 0.0365. The Hall–Kier alpha value is -2.08. The van der Waals surface area contributed by atoms with Crippen molar-refractivity contribution in [2.45, 2.75) is 25.9 Å². The van der Waals surface area contributed by atoms with Crippen LogP contribution in [-0.4, -0.2) is 31.5 Å². The van der Waals surface area contributed by atoms with E-state index in [0.717, 1.165) is 11.3 Å². The molecule has 3 N–H and O–H groups in total. The molecule has 1 aromatic carbocycles. The number of nitrogens with zero attached hydrogens (tertiary/aromatic N) is 1. The van der Waals surface area contributed by atoms with Gasteiger partial charge in [0.15, 0.2) is 0 Å². The van der Waals surface area contributed by atoms with Gasteiger partial charge >= 0.3 is 0 Å². The molecule has 0 saturated carbocycles. The lowest BCUT2D eigenvalue weighted by atomic mass is 10.0. The molecule has 2 amide bonds. The van der Waals surface area contributed by atoms with Crippen LogP contribution in [0.5, 0.6) is 5.75 Å². The number of imide groups is 1. The predicted molar refractivity (Wildman–Crippen MR) is 75.6 cm³/mol. The van der Waals surface area contributed by atoms with Gasteiger partial charge in [-0.15, -0.1) is 0 Å². The van der Waals surface area contributed by atoms with Crippen LogP contribution >= 0.6 is 0 Å². The number of benzene rings is 1. The number of nitrogens with one attached hydrogen (secondary N) is 1. The topological polar surface area (TPSA) is 84.7 Å². The Kier molecular flexibility index (Phi) is 3.94. The quantitative estimate of drug-likeness (QED) is 0.789. The summed E-state index contributed by atoms with van der Waals surface area (Å²) in [4.78, 5) is 25.1. The number of carbonyl (C=O) groups excluding carboxylic acids is 2. The Labute approximate surface area is 117 Å². The summed E-state index contributed by atoms with van der Waals surface area (Å²) in [5.41, 5.74) is 7.58. The van der Waals surface area contributed by atoms with Crippen molar-refractivity contribution >= 4 is 17.5 Å². The minimum absolute atomic E-state index is 0.125. The third kappa shape index (κ3) is 2.46. The zero-order valence-electron chi connectivity index (χ0n) is 11.8. The van der Waals surface area contributed by atoms with Crippen LogP contribution in [0.4, 0.5) is 5.69 Å². The summed E-state index contributed by atoms with van der Waals surface area (Å²) in [7, 11) is 1.57. The fourth-order valence-electron chi connectivity index (χ4n) is 2.43. The van der Waals surface area contributed by atoms with Gasteiger partial charge in [-0.05, 0) is 26.0 Å². The van der Waals surface area contributed by atoms with Gasteiger partial charge in [-0.2, -0.15) is 0 Å². The van der Waals surface area contributed by atoms with Crippen LogP contribution in [0.1, 0.15) is 25.5 Å². The fraction of sp³-hybridized carbons (Fsp3) is 0.429. The van der Waals surface area contributed by atoms with E-state index in [2.05, 4.69) is 5.32 Å². The number of anilines is 1. The average molecular weight is 277 g/mol. The minimum atomic E-state index is -0.433. The van der Waals surface area contributed by atoms with Gasteiger partial charge in [0.1, 0.15) is 11.8 Å². The SMILES string of the molecule is COc1cccc(N2CC(=O)NC(=O)C2C)c1[C@@H](C)N. The van der Waals surface area contributed by atoms with E-state index in [9.17, 15) is 9.59 Å². The monoisotopic (exact) mass is 277 g/mol. The van der Waals surface area contributed by atoms with Crippen LogP contribution in [0.25, 0.3) is 0 Å². The van der Waals surface area contributed by atoms with Crippen LogP contribution < -0.4 is 20.7 Å². The summed E-state index contributed by atoms with van der Waals surface area (Å²) in [6.45, 7) is 3.73. The summed E-state index contributed by atoms with van der Waals surface area (Å²) >= 11 is 0. The Morgan fingerprint density at radius 3 is 2.75 bits per heavy atom. The van der Waals surface area contributed by atoms with Crippen molar-refractivity contribution < 1.29 is 14.3 Å². The van der Waals surface area contributed by atoms with Crippen LogP contribution in [0, 0.1) is 0 Å². The predicted octanol–water partition coefficient (Wildman–Crippen LogP) is 0.566. The summed E-state index contributed by atoms with van der Waals surface area (Å²) < 4.78 is 5.33. The largest absolute Gasteiger partial charge is 0.496 e. The van der Waals surface area contributed by atoms with Gasteiger partial charge in [-0.3, -0.25) is 14.9 Å². The normalized spacial score (nSPS) is 20.6. The van der Waals surface area contributed by atoms with E-state index in [-0.39, 0.29) is 24.4 Å². The maximum absolute atomic E-state index is 11.8. The van der Waals surface area contributed by atoms with E-state index in [1.54, 1.807) is 18.9 Å². The molecule has 0 aliphatic carbocycles. The minimum Gasteiger partial charge on any atom is -0.496 e. The van der Waals surface area contributed by atoms with E-state index < -0.39 is 6.04 Å². The molecule has 2 rings (SSSR count). The zero-order valence-corrected chi connectivity index (χ0v) is 11.8. The van der Waals surface area contributed by atoms with Crippen LogP contribution in [-0.2, 0) is 9.59 Å². The highest BCUT2D eigenvalue weighted by Gasteiger charge is 2.32. The highest BCUT2D eigenvalue weighted by Crippen LogP contribution is 2.34. The number of hydrogen-bond donors (Lipinski definition) is 2. The number of amides is 2. The lowest BCUT2D eigenvalue weighted by Crippen LogP contribution is -2.57. The molecule has 20 heavy (non-hydrogen) atoms. The molecule has 0 spiro atoms. The van der Waals surface area contributed by atoms with Gasteiger partial charge in [0.2, 0.25) is 11.8 Å². The first-order chi connectivity index (χ1) is 9.45. The van der Waals surface area contributed by atoms with Gasteiger partial charge < -0.3 is 15.4 Å². The van der Waals surface area contributed by atoms with Crippen molar-refractivity contribution in [1.82, 2.24) is 5.32 Å². The standard InChI is InChI=1S/C14H19N3O3/c1-8(15)13-10(5-4-6-11(13)20-3)17-7-12(18)16-14(19)9(17)2/h4-6,8-9H,7,15H2,1-3H3,(H,16,18,19)/t8-,9?/m1/s1. The van der Waals surface area contributed by atoms with E-state index in [1.165, 1.54) is 0 Å².